The fourth-order valence-corrected chi connectivity index (χ4v) is 2.62. The molecule has 3 rings (SSSR count). The summed E-state index contributed by atoms with van der Waals surface area (Å²) in [5.41, 5.74) is 0.590. The van der Waals surface area contributed by atoms with Crippen molar-refractivity contribution in [2.24, 2.45) is 0 Å². The van der Waals surface area contributed by atoms with E-state index in [1.807, 2.05) is 0 Å². The molecule has 0 spiro atoms. The van der Waals surface area contributed by atoms with Gasteiger partial charge in [-0.3, -0.25) is 14.9 Å². The molecule has 1 heterocycles. The number of ether oxygens (including phenoxy) is 3. The van der Waals surface area contributed by atoms with E-state index >= 15 is 0 Å². The maximum Gasteiger partial charge on any atom is 0.270 e. The second kappa shape index (κ2) is 9.37. The number of methoxy groups -OCH3 is 2. The van der Waals surface area contributed by atoms with Crippen molar-refractivity contribution in [1.82, 2.24) is 10.3 Å². The van der Waals surface area contributed by atoms with Crippen LogP contribution in [0.5, 0.6) is 23.1 Å². The van der Waals surface area contributed by atoms with Crippen molar-refractivity contribution < 1.29 is 23.9 Å². The Balaban J connectivity index is 1.83. The number of aromatic nitrogens is 1. The molecule has 154 valence electrons. The van der Waals surface area contributed by atoms with Crippen molar-refractivity contribution in [3.05, 3.63) is 82.0 Å². The summed E-state index contributed by atoms with van der Waals surface area (Å²) in [6, 6.07) is 14.0. The van der Waals surface area contributed by atoms with Gasteiger partial charge in [0.15, 0.2) is 0 Å². The number of hydrogen-bond acceptors (Lipinski definition) is 7. The lowest BCUT2D eigenvalue weighted by Crippen LogP contribution is -2.23. The zero-order chi connectivity index (χ0) is 21.5. The quantitative estimate of drug-likeness (QED) is 0.445. The standard InChI is InChI=1S/C21H19N3O6/c1-28-16-4-6-17(7-5-16)30-19-8-3-15(24(26)27)12-18(19)21(25)23-13-14-9-10-22-20(11-14)29-2/h3-12H,13H2,1-2H3,(H,23,25). The largest absolute Gasteiger partial charge is 0.497 e. The second-order valence-electron chi connectivity index (χ2n) is 6.10. The summed E-state index contributed by atoms with van der Waals surface area (Å²) < 4.78 is 16.0. The monoisotopic (exact) mass is 409 g/mol. The molecule has 0 atom stereocenters. The summed E-state index contributed by atoms with van der Waals surface area (Å²) >= 11 is 0. The zero-order valence-electron chi connectivity index (χ0n) is 16.3. The minimum atomic E-state index is -0.568. The van der Waals surface area contributed by atoms with Crippen LogP contribution in [-0.2, 0) is 6.54 Å². The number of non-ortho nitro benzene ring substituents is 1. The Hall–Kier alpha value is -4.14. The van der Waals surface area contributed by atoms with Crippen LogP contribution < -0.4 is 19.5 Å². The second-order valence-corrected chi connectivity index (χ2v) is 6.10. The molecule has 0 radical (unpaired) electrons. The van der Waals surface area contributed by atoms with Gasteiger partial charge in [-0.2, -0.15) is 0 Å². The number of nitro groups is 1. The fraction of sp³-hybridized carbons (Fsp3) is 0.143. The minimum absolute atomic E-state index is 0.0426. The van der Waals surface area contributed by atoms with Gasteiger partial charge in [-0.1, -0.05) is 0 Å². The Morgan fingerprint density at radius 1 is 1.03 bits per heavy atom. The van der Waals surface area contributed by atoms with Crippen LogP contribution in [-0.4, -0.2) is 30.0 Å². The van der Waals surface area contributed by atoms with E-state index in [1.54, 1.807) is 49.7 Å². The Bertz CT molecular complexity index is 1050. The number of rotatable bonds is 8. The molecule has 9 nitrogen and oxygen atoms in total. The number of nitrogens with one attached hydrogen (secondary N) is 1. The van der Waals surface area contributed by atoms with Crippen LogP contribution >= 0.6 is 0 Å². The summed E-state index contributed by atoms with van der Waals surface area (Å²) in [4.78, 5) is 27.4. The summed E-state index contributed by atoms with van der Waals surface area (Å²) in [7, 11) is 3.05. The predicted molar refractivity (Wildman–Crippen MR) is 108 cm³/mol. The number of pyridine rings is 1. The average Bonchev–Trinajstić information content (AvgIpc) is 2.78. The normalized spacial score (nSPS) is 10.2. The number of benzene rings is 2. The number of hydrogen-bond donors (Lipinski definition) is 1. The lowest BCUT2D eigenvalue weighted by atomic mass is 10.1. The van der Waals surface area contributed by atoms with Crippen LogP contribution in [0.25, 0.3) is 0 Å². The van der Waals surface area contributed by atoms with E-state index in [9.17, 15) is 14.9 Å². The van der Waals surface area contributed by atoms with Crippen LogP contribution in [0.4, 0.5) is 5.69 Å². The van der Waals surface area contributed by atoms with Crippen LogP contribution in [0.2, 0.25) is 0 Å². The van der Waals surface area contributed by atoms with E-state index in [0.717, 1.165) is 5.56 Å². The number of nitro benzene ring substituents is 1. The first-order chi connectivity index (χ1) is 14.5. The summed E-state index contributed by atoms with van der Waals surface area (Å²) in [6.07, 6.45) is 1.56. The third-order valence-corrected chi connectivity index (χ3v) is 4.17. The van der Waals surface area contributed by atoms with Gasteiger partial charge in [0, 0.05) is 30.9 Å². The van der Waals surface area contributed by atoms with E-state index in [-0.39, 0.29) is 23.5 Å². The number of nitrogens with zero attached hydrogens (tertiary/aromatic N) is 2. The maximum atomic E-state index is 12.8. The molecule has 0 bridgehead atoms. The van der Waals surface area contributed by atoms with Gasteiger partial charge in [0.05, 0.1) is 24.7 Å². The number of carbonyl (C=O) groups excluding carboxylic acids is 1. The Morgan fingerprint density at radius 2 is 1.77 bits per heavy atom. The summed E-state index contributed by atoms with van der Waals surface area (Å²) in [5.74, 6) is 1.20. The van der Waals surface area contributed by atoms with E-state index in [4.69, 9.17) is 14.2 Å². The molecule has 1 aromatic heterocycles. The molecule has 0 saturated carbocycles. The lowest BCUT2D eigenvalue weighted by molar-refractivity contribution is -0.384. The molecular formula is C21H19N3O6. The van der Waals surface area contributed by atoms with E-state index in [1.165, 1.54) is 25.3 Å². The number of carbonyl (C=O) groups is 1. The Labute approximate surface area is 172 Å². The van der Waals surface area contributed by atoms with Crippen molar-refractivity contribution in [2.45, 2.75) is 6.54 Å². The summed E-state index contributed by atoms with van der Waals surface area (Å²) in [5, 5.41) is 13.9. The van der Waals surface area contributed by atoms with Crippen molar-refractivity contribution >= 4 is 11.6 Å². The van der Waals surface area contributed by atoms with Gasteiger partial charge in [0.25, 0.3) is 11.6 Å². The van der Waals surface area contributed by atoms with Crippen molar-refractivity contribution in [3.63, 3.8) is 0 Å². The minimum Gasteiger partial charge on any atom is -0.497 e. The molecule has 30 heavy (non-hydrogen) atoms. The smallest absolute Gasteiger partial charge is 0.270 e. The van der Waals surface area contributed by atoms with Crippen molar-refractivity contribution in [3.8, 4) is 23.1 Å². The highest BCUT2D eigenvalue weighted by atomic mass is 16.6. The first-order valence-electron chi connectivity index (χ1n) is 8.87. The van der Waals surface area contributed by atoms with Crippen LogP contribution in [0.1, 0.15) is 15.9 Å². The maximum absolute atomic E-state index is 12.8. The average molecular weight is 409 g/mol. The van der Waals surface area contributed by atoms with Gasteiger partial charge in [-0.15, -0.1) is 0 Å². The molecule has 1 N–H and O–H groups in total. The highest BCUT2D eigenvalue weighted by molar-refractivity contribution is 5.97. The molecule has 9 heteroatoms. The first-order valence-corrected chi connectivity index (χ1v) is 8.87. The first kappa shape index (κ1) is 20.6. The molecule has 0 aliphatic rings. The molecular weight excluding hydrogens is 390 g/mol. The van der Waals surface area contributed by atoms with E-state index < -0.39 is 10.8 Å². The topological polar surface area (TPSA) is 113 Å². The van der Waals surface area contributed by atoms with Crippen LogP contribution in [0.15, 0.2) is 60.8 Å². The highest BCUT2D eigenvalue weighted by Crippen LogP contribution is 2.30. The van der Waals surface area contributed by atoms with Gasteiger partial charge in [0.2, 0.25) is 5.88 Å². The van der Waals surface area contributed by atoms with E-state index in [2.05, 4.69) is 10.3 Å². The predicted octanol–water partition coefficient (Wildman–Crippen LogP) is 3.73. The summed E-state index contributed by atoms with van der Waals surface area (Å²) in [6.45, 7) is 0.183. The molecule has 0 aliphatic heterocycles. The van der Waals surface area contributed by atoms with Gasteiger partial charge < -0.3 is 19.5 Å². The highest BCUT2D eigenvalue weighted by Gasteiger charge is 2.18. The third-order valence-electron chi connectivity index (χ3n) is 4.17. The molecule has 2 aromatic carbocycles. The molecule has 0 fully saturated rings. The molecule has 0 saturated heterocycles. The third kappa shape index (κ3) is 5.02. The molecule has 3 aromatic rings. The lowest BCUT2D eigenvalue weighted by Gasteiger charge is -2.12. The van der Waals surface area contributed by atoms with Crippen LogP contribution in [0, 0.1) is 10.1 Å². The van der Waals surface area contributed by atoms with Crippen molar-refractivity contribution in [2.75, 3.05) is 14.2 Å². The van der Waals surface area contributed by atoms with E-state index in [0.29, 0.717) is 17.4 Å². The zero-order valence-corrected chi connectivity index (χ0v) is 16.3. The molecule has 0 aliphatic carbocycles. The SMILES string of the molecule is COc1ccc(Oc2ccc([N+](=O)[O-])cc2C(=O)NCc2ccnc(OC)c2)cc1. The van der Waals surface area contributed by atoms with Gasteiger partial charge in [-0.25, -0.2) is 4.98 Å². The van der Waals surface area contributed by atoms with Gasteiger partial charge >= 0.3 is 0 Å². The number of amides is 1. The molecule has 0 unspecified atom stereocenters. The van der Waals surface area contributed by atoms with Crippen LogP contribution in [0.3, 0.4) is 0 Å². The van der Waals surface area contributed by atoms with Gasteiger partial charge in [-0.05, 0) is 42.0 Å². The molecule has 1 amide bonds. The van der Waals surface area contributed by atoms with Gasteiger partial charge in [0.1, 0.15) is 17.2 Å². The Kier molecular flexibility index (Phi) is 6.43. The Morgan fingerprint density at radius 3 is 2.43 bits per heavy atom. The fourth-order valence-electron chi connectivity index (χ4n) is 2.62. The van der Waals surface area contributed by atoms with Crippen molar-refractivity contribution in [1.29, 1.82) is 0 Å².